The van der Waals surface area contributed by atoms with Gasteiger partial charge in [0.2, 0.25) is 0 Å². The van der Waals surface area contributed by atoms with Gasteiger partial charge in [-0.05, 0) is 6.08 Å². The molecule has 0 N–H and O–H groups in total. The molecule has 3 nitrogen and oxygen atoms in total. The van der Waals surface area contributed by atoms with Gasteiger partial charge in [-0.25, -0.2) is 0 Å². The molecule has 13 heavy (non-hydrogen) atoms. The summed E-state index contributed by atoms with van der Waals surface area (Å²) < 4.78 is 10.1. The zero-order valence-electron chi connectivity index (χ0n) is 7.32. The van der Waals surface area contributed by atoms with Gasteiger partial charge in [-0.1, -0.05) is 6.08 Å². The summed E-state index contributed by atoms with van der Waals surface area (Å²) in [7, 11) is 0. The van der Waals surface area contributed by atoms with Gasteiger partial charge in [-0.2, -0.15) is 0 Å². The molecule has 0 amide bonds. The van der Waals surface area contributed by atoms with E-state index in [1.165, 1.54) is 6.92 Å². The first-order valence-corrected chi connectivity index (χ1v) is 4.16. The predicted octanol–water partition coefficient (Wildman–Crippen LogP) is 1.78. The smallest absolute Gasteiger partial charge is 0.303 e. The third-order valence-electron chi connectivity index (χ3n) is 2.00. The molecule has 1 atom stereocenters. The van der Waals surface area contributed by atoms with E-state index in [1.54, 1.807) is 12.5 Å². The number of carbonyl (C=O) groups is 1. The van der Waals surface area contributed by atoms with Crippen LogP contribution in [0.5, 0.6) is 0 Å². The minimum Gasteiger partial charge on any atom is -0.472 e. The van der Waals surface area contributed by atoms with E-state index in [-0.39, 0.29) is 12.1 Å². The SMILES string of the molecule is CC(=O)OC1C=Cc2cocc2C1. The average Bonchev–Trinajstić information content (AvgIpc) is 2.49. The van der Waals surface area contributed by atoms with Crippen molar-refractivity contribution in [3.8, 4) is 0 Å². The highest BCUT2D eigenvalue weighted by atomic mass is 16.5. The number of hydrogen-bond donors (Lipinski definition) is 0. The summed E-state index contributed by atoms with van der Waals surface area (Å²) in [6.45, 7) is 1.42. The zero-order chi connectivity index (χ0) is 9.26. The normalized spacial score (nSPS) is 19.6. The molecule has 1 aliphatic rings. The zero-order valence-corrected chi connectivity index (χ0v) is 7.32. The third kappa shape index (κ3) is 1.64. The van der Waals surface area contributed by atoms with Crippen molar-refractivity contribution in [3.05, 3.63) is 29.7 Å². The van der Waals surface area contributed by atoms with Crippen LogP contribution in [0, 0.1) is 0 Å². The minimum atomic E-state index is -0.249. The van der Waals surface area contributed by atoms with Gasteiger partial charge in [0.05, 0.1) is 12.5 Å². The number of esters is 1. The van der Waals surface area contributed by atoms with E-state index in [0.29, 0.717) is 6.42 Å². The van der Waals surface area contributed by atoms with Crippen molar-refractivity contribution in [1.82, 2.24) is 0 Å². The molecule has 0 bridgehead atoms. The third-order valence-corrected chi connectivity index (χ3v) is 2.00. The van der Waals surface area contributed by atoms with Crippen molar-refractivity contribution < 1.29 is 13.9 Å². The van der Waals surface area contributed by atoms with Crippen LogP contribution in [-0.2, 0) is 16.0 Å². The first-order chi connectivity index (χ1) is 6.25. The molecular weight excluding hydrogens is 168 g/mol. The van der Waals surface area contributed by atoms with Crippen LogP contribution in [-0.4, -0.2) is 12.1 Å². The molecule has 1 aromatic heterocycles. The number of fused-ring (bicyclic) bond motifs is 1. The fourth-order valence-electron chi connectivity index (χ4n) is 1.44. The fraction of sp³-hybridized carbons (Fsp3) is 0.300. The summed E-state index contributed by atoms with van der Waals surface area (Å²) in [5.41, 5.74) is 2.16. The molecule has 1 unspecified atom stereocenters. The van der Waals surface area contributed by atoms with E-state index in [2.05, 4.69) is 0 Å². The Morgan fingerprint density at radius 2 is 2.46 bits per heavy atom. The second-order valence-corrected chi connectivity index (χ2v) is 3.06. The molecule has 1 heterocycles. The molecule has 0 aliphatic heterocycles. The van der Waals surface area contributed by atoms with Crippen LogP contribution >= 0.6 is 0 Å². The fourth-order valence-corrected chi connectivity index (χ4v) is 1.44. The van der Waals surface area contributed by atoms with Crippen molar-refractivity contribution in [3.63, 3.8) is 0 Å². The van der Waals surface area contributed by atoms with Gasteiger partial charge in [0, 0.05) is 24.5 Å². The highest BCUT2D eigenvalue weighted by molar-refractivity contribution is 5.67. The molecule has 1 aromatic rings. The molecule has 0 saturated heterocycles. The number of carbonyl (C=O) groups excluding carboxylic acids is 1. The first-order valence-electron chi connectivity index (χ1n) is 4.16. The molecule has 68 valence electrons. The van der Waals surface area contributed by atoms with Crippen LogP contribution in [0.3, 0.4) is 0 Å². The second-order valence-electron chi connectivity index (χ2n) is 3.06. The quantitative estimate of drug-likeness (QED) is 0.615. The second kappa shape index (κ2) is 3.09. The maximum absolute atomic E-state index is 10.7. The van der Waals surface area contributed by atoms with Gasteiger partial charge in [0.25, 0.3) is 0 Å². The molecule has 2 rings (SSSR count). The molecule has 0 aromatic carbocycles. The first kappa shape index (κ1) is 8.10. The molecule has 0 fully saturated rings. The molecule has 0 radical (unpaired) electrons. The van der Waals surface area contributed by atoms with Gasteiger partial charge in [-0.3, -0.25) is 4.79 Å². The Bertz CT molecular complexity index is 349. The molecular formula is C10H10O3. The van der Waals surface area contributed by atoms with Crippen molar-refractivity contribution in [2.45, 2.75) is 19.4 Å². The Kier molecular flexibility index (Phi) is 1.93. The maximum Gasteiger partial charge on any atom is 0.303 e. The van der Waals surface area contributed by atoms with Gasteiger partial charge >= 0.3 is 5.97 Å². The van der Waals surface area contributed by atoms with Crippen LogP contribution in [0.15, 0.2) is 23.0 Å². The highest BCUT2D eigenvalue weighted by Gasteiger charge is 2.16. The summed E-state index contributed by atoms with van der Waals surface area (Å²) in [5.74, 6) is -0.249. The Balaban J connectivity index is 2.12. The van der Waals surface area contributed by atoms with Gasteiger partial charge in [-0.15, -0.1) is 0 Å². The predicted molar refractivity (Wildman–Crippen MR) is 47.0 cm³/mol. The van der Waals surface area contributed by atoms with E-state index in [4.69, 9.17) is 9.15 Å². The standard InChI is InChI=1S/C10H10O3/c1-7(11)13-10-3-2-8-5-12-6-9(8)4-10/h2-3,5-6,10H,4H2,1H3. The van der Waals surface area contributed by atoms with Gasteiger partial charge < -0.3 is 9.15 Å². The van der Waals surface area contributed by atoms with Crippen molar-refractivity contribution in [2.24, 2.45) is 0 Å². The number of ether oxygens (including phenoxy) is 1. The van der Waals surface area contributed by atoms with E-state index in [1.807, 2.05) is 12.2 Å². The van der Waals surface area contributed by atoms with E-state index in [0.717, 1.165) is 11.1 Å². The van der Waals surface area contributed by atoms with E-state index < -0.39 is 0 Å². The van der Waals surface area contributed by atoms with Gasteiger partial charge in [0.1, 0.15) is 6.10 Å². The summed E-state index contributed by atoms with van der Waals surface area (Å²) in [4.78, 5) is 10.7. The topological polar surface area (TPSA) is 39.4 Å². The van der Waals surface area contributed by atoms with Crippen molar-refractivity contribution >= 4 is 12.0 Å². The number of rotatable bonds is 1. The number of hydrogen-bond acceptors (Lipinski definition) is 3. The molecule has 3 heteroatoms. The highest BCUT2D eigenvalue weighted by Crippen LogP contribution is 2.21. The van der Waals surface area contributed by atoms with Crippen molar-refractivity contribution in [1.29, 1.82) is 0 Å². The average molecular weight is 178 g/mol. The summed E-state index contributed by atoms with van der Waals surface area (Å²) in [6, 6.07) is 0. The largest absolute Gasteiger partial charge is 0.472 e. The summed E-state index contributed by atoms with van der Waals surface area (Å²) in [5, 5.41) is 0. The molecule has 1 aliphatic carbocycles. The molecule has 0 saturated carbocycles. The Morgan fingerprint density at radius 3 is 3.23 bits per heavy atom. The maximum atomic E-state index is 10.7. The number of furan rings is 1. The van der Waals surface area contributed by atoms with Crippen LogP contribution in [0.2, 0.25) is 0 Å². The lowest BCUT2D eigenvalue weighted by Gasteiger charge is -2.15. The lowest BCUT2D eigenvalue weighted by atomic mass is 10.0. The lowest BCUT2D eigenvalue weighted by molar-refractivity contribution is -0.144. The Morgan fingerprint density at radius 1 is 1.62 bits per heavy atom. The van der Waals surface area contributed by atoms with Crippen molar-refractivity contribution in [2.75, 3.05) is 0 Å². The van der Waals surface area contributed by atoms with Gasteiger partial charge in [0.15, 0.2) is 0 Å². The summed E-state index contributed by atoms with van der Waals surface area (Å²) >= 11 is 0. The monoisotopic (exact) mass is 178 g/mol. The van der Waals surface area contributed by atoms with E-state index in [9.17, 15) is 4.79 Å². The summed E-state index contributed by atoms with van der Waals surface area (Å²) in [6.07, 6.45) is 7.74. The van der Waals surface area contributed by atoms with Crippen LogP contribution in [0.25, 0.3) is 6.08 Å². The van der Waals surface area contributed by atoms with Crippen LogP contribution in [0.1, 0.15) is 18.1 Å². The van der Waals surface area contributed by atoms with E-state index >= 15 is 0 Å². The Hall–Kier alpha value is -1.51. The Labute approximate surface area is 76.0 Å². The molecule has 0 spiro atoms. The van der Waals surface area contributed by atoms with Crippen LogP contribution in [0.4, 0.5) is 0 Å². The lowest BCUT2D eigenvalue weighted by Crippen LogP contribution is -2.18. The van der Waals surface area contributed by atoms with Crippen LogP contribution < -0.4 is 0 Å². The minimum absolute atomic E-state index is 0.136.